The lowest BCUT2D eigenvalue weighted by Gasteiger charge is -1.79. The number of rotatable bonds is 1. The summed E-state index contributed by atoms with van der Waals surface area (Å²) < 4.78 is 9.31. The zero-order chi connectivity index (χ0) is 7.66. The van der Waals surface area contributed by atoms with Gasteiger partial charge in [0.25, 0.3) is 0 Å². The van der Waals surface area contributed by atoms with Crippen LogP contribution in [0.3, 0.4) is 0 Å². The van der Waals surface area contributed by atoms with Crippen LogP contribution in [0.2, 0.25) is 0 Å². The molecule has 0 amide bonds. The summed E-state index contributed by atoms with van der Waals surface area (Å²) in [5.41, 5.74) is 0. The van der Waals surface area contributed by atoms with E-state index in [1.807, 2.05) is 13.0 Å². The first-order valence-electron chi connectivity index (χ1n) is 3.57. The molecule has 58 valence electrons. The van der Waals surface area contributed by atoms with Crippen molar-refractivity contribution < 1.29 is 9.47 Å². The summed E-state index contributed by atoms with van der Waals surface area (Å²) in [6.07, 6.45) is 9.24. The monoisotopic (exact) mass is 142 g/mol. The molecule has 1 aliphatic rings. The van der Waals surface area contributed by atoms with Crippen molar-refractivity contribution in [3.05, 3.63) is 0 Å². The SMILES string of the molecule is C#COCC.C1CCOC1. The van der Waals surface area contributed by atoms with Crippen LogP contribution >= 0.6 is 0 Å². The fraction of sp³-hybridized carbons (Fsp3) is 0.750. The van der Waals surface area contributed by atoms with Crippen LogP contribution in [0.15, 0.2) is 0 Å². The predicted octanol–water partition coefficient (Wildman–Crippen LogP) is 1.41. The summed E-state index contributed by atoms with van der Waals surface area (Å²) in [6.45, 7) is 4.45. The zero-order valence-electron chi connectivity index (χ0n) is 6.43. The van der Waals surface area contributed by atoms with E-state index in [9.17, 15) is 0 Å². The Hall–Kier alpha value is -0.680. The molecule has 10 heavy (non-hydrogen) atoms. The summed E-state index contributed by atoms with van der Waals surface area (Å²) in [7, 11) is 0. The van der Waals surface area contributed by atoms with E-state index in [4.69, 9.17) is 4.74 Å². The van der Waals surface area contributed by atoms with E-state index in [0.29, 0.717) is 6.61 Å². The molecule has 1 saturated heterocycles. The fourth-order valence-corrected chi connectivity index (χ4v) is 0.594. The van der Waals surface area contributed by atoms with E-state index in [0.717, 1.165) is 13.2 Å². The van der Waals surface area contributed by atoms with E-state index in [2.05, 4.69) is 11.2 Å². The summed E-state index contributed by atoms with van der Waals surface area (Å²) in [5.74, 6) is 0. The molecule has 0 atom stereocenters. The highest BCUT2D eigenvalue weighted by atomic mass is 16.5. The van der Waals surface area contributed by atoms with Crippen molar-refractivity contribution in [1.29, 1.82) is 0 Å². The minimum atomic E-state index is 0.608. The molecule has 0 radical (unpaired) electrons. The van der Waals surface area contributed by atoms with E-state index in [1.165, 1.54) is 12.8 Å². The van der Waals surface area contributed by atoms with Gasteiger partial charge in [0.1, 0.15) is 6.11 Å². The summed E-state index contributed by atoms with van der Waals surface area (Å²) in [4.78, 5) is 0. The van der Waals surface area contributed by atoms with Crippen molar-refractivity contribution in [3.8, 4) is 12.5 Å². The first-order chi connectivity index (χ1) is 4.91. The first kappa shape index (κ1) is 9.32. The van der Waals surface area contributed by atoms with Gasteiger partial charge in [-0.2, -0.15) is 0 Å². The maximum Gasteiger partial charge on any atom is 0.106 e. The van der Waals surface area contributed by atoms with E-state index < -0.39 is 0 Å². The number of hydrogen-bond acceptors (Lipinski definition) is 2. The van der Waals surface area contributed by atoms with Crippen molar-refractivity contribution in [2.24, 2.45) is 0 Å². The molecule has 1 fully saturated rings. The van der Waals surface area contributed by atoms with Crippen LogP contribution in [0.4, 0.5) is 0 Å². The van der Waals surface area contributed by atoms with Crippen molar-refractivity contribution in [3.63, 3.8) is 0 Å². The van der Waals surface area contributed by atoms with Crippen molar-refractivity contribution in [2.45, 2.75) is 19.8 Å². The zero-order valence-corrected chi connectivity index (χ0v) is 6.43. The van der Waals surface area contributed by atoms with Gasteiger partial charge in [0.05, 0.1) is 6.61 Å². The average Bonchev–Trinajstić information content (AvgIpc) is 2.44. The van der Waals surface area contributed by atoms with Crippen LogP contribution in [-0.4, -0.2) is 19.8 Å². The van der Waals surface area contributed by atoms with Gasteiger partial charge >= 0.3 is 0 Å². The molecule has 0 unspecified atom stereocenters. The molecule has 0 bridgehead atoms. The number of terminal acetylenes is 1. The molecule has 2 heteroatoms. The van der Waals surface area contributed by atoms with Crippen LogP contribution in [0.1, 0.15) is 19.8 Å². The molecule has 0 aromatic heterocycles. The molecule has 1 aliphatic heterocycles. The van der Waals surface area contributed by atoms with E-state index in [-0.39, 0.29) is 0 Å². The van der Waals surface area contributed by atoms with Gasteiger partial charge in [0.15, 0.2) is 0 Å². The van der Waals surface area contributed by atoms with E-state index in [1.54, 1.807) is 0 Å². The maximum atomic E-state index is 4.94. The van der Waals surface area contributed by atoms with Crippen LogP contribution < -0.4 is 0 Å². The Balaban J connectivity index is 0.000000162. The molecule has 0 saturated carbocycles. The summed E-state index contributed by atoms with van der Waals surface area (Å²) in [5, 5.41) is 0. The van der Waals surface area contributed by atoms with Crippen LogP contribution in [0.5, 0.6) is 0 Å². The smallest absolute Gasteiger partial charge is 0.106 e. The van der Waals surface area contributed by atoms with Gasteiger partial charge in [-0.25, -0.2) is 0 Å². The molecule has 0 aromatic rings. The topological polar surface area (TPSA) is 18.5 Å². The molecule has 0 aliphatic carbocycles. The largest absolute Gasteiger partial charge is 0.447 e. The van der Waals surface area contributed by atoms with Gasteiger partial charge in [-0.05, 0) is 19.8 Å². The molecule has 0 N–H and O–H groups in total. The maximum absolute atomic E-state index is 4.94. The molecule has 0 aromatic carbocycles. The Kier molecular flexibility index (Phi) is 7.75. The lowest BCUT2D eigenvalue weighted by molar-refractivity contribution is 0.198. The van der Waals surface area contributed by atoms with Crippen LogP contribution in [-0.2, 0) is 9.47 Å². The van der Waals surface area contributed by atoms with Crippen molar-refractivity contribution in [2.75, 3.05) is 19.8 Å². The van der Waals surface area contributed by atoms with Gasteiger partial charge in [-0.15, -0.1) is 0 Å². The first-order valence-corrected chi connectivity index (χ1v) is 3.57. The fourth-order valence-electron chi connectivity index (χ4n) is 0.594. The number of ether oxygens (including phenoxy) is 2. The Labute approximate surface area is 62.5 Å². The highest BCUT2D eigenvalue weighted by Crippen LogP contribution is 1.98. The third kappa shape index (κ3) is 7.32. The van der Waals surface area contributed by atoms with Crippen LogP contribution in [0.25, 0.3) is 0 Å². The Morgan fingerprint density at radius 1 is 1.50 bits per heavy atom. The molecular formula is C8H14O2. The van der Waals surface area contributed by atoms with Gasteiger partial charge in [0, 0.05) is 13.2 Å². The van der Waals surface area contributed by atoms with Gasteiger partial charge in [-0.3, -0.25) is 0 Å². The Bertz CT molecular complexity index is 82.3. The minimum absolute atomic E-state index is 0.608. The lowest BCUT2D eigenvalue weighted by atomic mass is 10.4. The second-order valence-electron chi connectivity index (χ2n) is 1.87. The van der Waals surface area contributed by atoms with Gasteiger partial charge in [-0.1, -0.05) is 6.42 Å². The highest BCUT2D eigenvalue weighted by molar-refractivity contribution is 4.66. The third-order valence-electron chi connectivity index (χ3n) is 1.06. The molecule has 1 heterocycles. The quantitative estimate of drug-likeness (QED) is 0.515. The van der Waals surface area contributed by atoms with Crippen molar-refractivity contribution in [1.82, 2.24) is 0 Å². The van der Waals surface area contributed by atoms with Crippen LogP contribution in [0, 0.1) is 12.5 Å². The normalized spacial score (nSPS) is 14.8. The number of hydrogen-bond donors (Lipinski definition) is 0. The molecular weight excluding hydrogens is 128 g/mol. The second-order valence-corrected chi connectivity index (χ2v) is 1.87. The highest BCUT2D eigenvalue weighted by Gasteiger charge is 1.94. The third-order valence-corrected chi connectivity index (χ3v) is 1.06. The minimum Gasteiger partial charge on any atom is -0.447 e. The standard InChI is InChI=1S/C4H8O.C4H6O/c1-2-4-5-3-1;1-3-5-4-2/h1-4H2;1H,4H2,2H3. The van der Waals surface area contributed by atoms with E-state index >= 15 is 0 Å². The predicted molar refractivity (Wildman–Crippen MR) is 40.5 cm³/mol. The summed E-state index contributed by atoms with van der Waals surface area (Å²) in [6, 6.07) is 0. The molecule has 0 spiro atoms. The van der Waals surface area contributed by atoms with Gasteiger partial charge < -0.3 is 9.47 Å². The Morgan fingerprint density at radius 2 is 2.10 bits per heavy atom. The lowest BCUT2D eigenvalue weighted by Crippen LogP contribution is -1.74. The molecule has 1 rings (SSSR count). The average molecular weight is 142 g/mol. The van der Waals surface area contributed by atoms with Crippen molar-refractivity contribution >= 4 is 0 Å². The second kappa shape index (κ2) is 8.32. The summed E-state index contributed by atoms with van der Waals surface area (Å²) >= 11 is 0. The Morgan fingerprint density at radius 3 is 2.20 bits per heavy atom. The van der Waals surface area contributed by atoms with Gasteiger partial charge in [0.2, 0.25) is 0 Å². The molecule has 2 nitrogen and oxygen atoms in total.